The zero-order valence-corrected chi connectivity index (χ0v) is 16.2. The number of benzene rings is 1. The molecule has 0 aliphatic heterocycles. The lowest BCUT2D eigenvalue weighted by atomic mass is 10.1. The van der Waals surface area contributed by atoms with Crippen molar-refractivity contribution >= 4 is 39.1 Å². The van der Waals surface area contributed by atoms with Crippen LogP contribution >= 0.6 is 39.1 Å². The fourth-order valence-corrected chi connectivity index (χ4v) is 2.67. The third-order valence-electron chi connectivity index (χ3n) is 3.20. The van der Waals surface area contributed by atoms with E-state index < -0.39 is 0 Å². The molecular formula is C17H23BrCl2O2. The van der Waals surface area contributed by atoms with E-state index in [2.05, 4.69) is 15.9 Å². The summed E-state index contributed by atoms with van der Waals surface area (Å²) in [4.78, 5) is 0. The molecule has 0 atom stereocenters. The van der Waals surface area contributed by atoms with E-state index >= 15 is 0 Å². The molecular weight excluding hydrogens is 387 g/mol. The summed E-state index contributed by atoms with van der Waals surface area (Å²) in [5.74, 6) is 1.75. The van der Waals surface area contributed by atoms with E-state index in [4.69, 9.17) is 32.7 Å². The van der Waals surface area contributed by atoms with E-state index in [1.165, 1.54) is 19.3 Å². The highest BCUT2D eigenvalue weighted by Gasteiger charge is 2.07. The summed E-state index contributed by atoms with van der Waals surface area (Å²) in [5, 5.41) is 1.08. The smallest absolute Gasteiger partial charge is 0.125 e. The highest BCUT2D eigenvalue weighted by Crippen LogP contribution is 2.28. The van der Waals surface area contributed by atoms with Crippen LogP contribution in [0.5, 0.6) is 11.5 Å². The van der Waals surface area contributed by atoms with Gasteiger partial charge in [0, 0.05) is 5.33 Å². The van der Waals surface area contributed by atoms with Crippen LogP contribution in [0.25, 0.3) is 0 Å². The van der Waals surface area contributed by atoms with Gasteiger partial charge in [-0.1, -0.05) is 52.0 Å². The molecule has 0 heterocycles. The molecule has 0 aliphatic carbocycles. The molecule has 2 nitrogen and oxygen atoms in total. The van der Waals surface area contributed by atoms with Gasteiger partial charge in [-0.15, -0.1) is 0 Å². The van der Waals surface area contributed by atoms with Crippen molar-refractivity contribution in [2.75, 3.05) is 18.5 Å². The topological polar surface area (TPSA) is 18.5 Å². The maximum atomic E-state index is 5.92. The van der Waals surface area contributed by atoms with Gasteiger partial charge in [0.15, 0.2) is 0 Å². The molecule has 1 aromatic carbocycles. The van der Waals surface area contributed by atoms with Gasteiger partial charge in [0.1, 0.15) is 22.6 Å². The van der Waals surface area contributed by atoms with Crippen LogP contribution < -0.4 is 9.47 Å². The molecule has 5 heteroatoms. The largest absolute Gasteiger partial charge is 0.493 e. The van der Waals surface area contributed by atoms with Crippen molar-refractivity contribution in [2.45, 2.75) is 39.5 Å². The number of ether oxygens (including phenoxy) is 2. The van der Waals surface area contributed by atoms with Crippen LogP contribution in [0.15, 0.2) is 22.7 Å². The Kier molecular flexibility index (Phi) is 10.0. The van der Waals surface area contributed by atoms with Crippen molar-refractivity contribution in [3.05, 3.63) is 33.8 Å². The van der Waals surface area contributed by atoms with Gasteiger partial charge in [-0.25, -0.2) is 0 Å². The van der Waals surface area contributed by atoms with E-state index in [0.717, 1.165) is 41.0 Å². The first kappa shape index (κ1) is 19.7. The second-order valence-corrected chi connectivity index (χ2v) is 6.94. The van der Waals surface area contributed by atoms with Gasteiger partial charge in [0.05, 0.1) is 6.61 Å². The summed E-state index contributed by atoms with van der Waals surface area (Å²) in [6.07, 6.45) is 6.38. The van der Waals surface area contributed by atoms with Crippen LogP contribution in [0.4, 0.5) is 0 Å². The number of alkyl halides is 1. The van der Waals surface area contributed by atoms with E-state index in [9.17, 15) is 0 Å². The molecule has 0 unspecified atom stereocenters. The SMILES string of the molecule is Cc1cc(OCC=C(Cl)Cl)cc(C)c1OCCCCCCBr. The molecule has 0 aliphatic rings. The average molecular weight is 410 g/mol. The molecule has 1 aromatic rings. The molecule has 124 valence electrons. The van der Waals surface area contributed by atoms with E-state index in [-0.39, 0.29) is 4.49 Å². The summed E-state index contributed by atoms with van der Waals surface area (Å²) in [6, 6.07) is 3.95. The number of hydrogen-bond acceptors (Lipinski definition) is 2. The summed E-state index contributed by atoms with van der Waals surface area (Å²) >= 11 is 14.6. The molecule has 1 rings (SSSR count). The third kappa shape index (κ3) is 7.75. The summed E-state index contributed by atoms with van der Waals surface area (Å²) < 4.78 is 11.7. The number of hydrogen-bond donors (Lipinski definition) is 0. The molecule has 0 radical (unpaired) electrons. The summed E-state index contributed by atoms with van der Waals surface area (Å²) in [6.45, 7) is 5.18. The van der Waals surface area contributed by atoms with Crippen LogP contribution in [0, 0.1) is 13.8 Å². The van der Waals surface area contributed by atoms with Gasteiger partial charge in [-0.2, -0.15) is 0 Å². The van der Waals surface area contributed by atoms with Crippen molar-refractivity contribution in [1.82, 2.24) is 0 Å². The molecule has 0 fully saturated rings. The molecule has 0 N–H and O–H groups in total. The zero-order valence-electron chi connectivity index (χ0n) is 13.1. The third-order valence-corrected chi connectivity index (χ3v) is 4.07. The van der Waals surface area contributed by atoms with Crippen molar-refractivity contribution < 1.29 is 9.47 Å². The van der Waals surface area contributed by atoms with Crippen molar-refractivity contribution in [3.8, 4) is 11.5 Å². The monoisotopic (exact) mass is 408 g/mol. The number of aryl methyl sites for hydroxylation is 2. The van der Waals surface area contributed by atoms with Crippen molar-refractivity contribution in [2.24, 2.45) is 0 Å². The second-order valence-electron chi connectivity index (χ2n) is 5.14. The van der Waals surface area contributed by atoms with Crippen molar-refractivity contribution in [1.29, 1.82) is 0 Å². The normalized spacial score (nSPS) is 10.4. The first-order valence-electron chi connectivity index (χ1n) is 7.48. The Labute approximate surface area is 151 Å². The van der Waals surface area contributed by atoms with Gasteiger partial charge >= 0.3 is 0 Å². The highest BCUT2D eigenvalue weighted by molar-refractivity contribution is 9.09. The predicted octanol–water partition coefficient (Wildman–Crippen LogP) is 6.34. The maximum Gasteiger partial charge on any atom is 0.125 e. The van der Waals surface area contributed by atoms with Crippen LogP contribution in [-0.2, 0) is 0 Å². The molecule has 0 bridgehead atoms. The van der Waals surface area contributed by atoms with Crippen LogP contribution in [0.3, 0.4) is 0 Å². The van der Waals surface area contributed by atoms with Gasteiger partial charge in [-0.3, -0.25) is 0 Å². The van der Waals surface area contributed by atoms with Crippen LogP contribution in [0.2, 0.25) is 0 Å². The van der Waals surface area contributed by atoms with Gasteiger partial charge in [0.2, 0.25) is 0 Å². The lowest BCUT2D eigenvalue weighted by molar-refractivity contribution is 0.300. The quantitative estimate of drug-likeness (QED) is 0.331. The fourth-order valence-electron chi connectivity index (χ4n) is 2.15. The standard InChI is InChI=1S/C17H23BrCl2O2/c1-13-11-15(21-10-7-16(19)20)12-14(2)17(13)22-9-6-4-3-5-8-18/h7,11-12H,3-6,8-10H2,1-2H3. The molecule has 0 spiro atoms. The minimum atomic E-state index is 0.216. The van der Waals surface area contributed by atoms with E-state index in [1.807, 2.05) is 26.0 Å². The van der Waals surface area contributed by atoms with Gasteiger partial charge in [-0.05, 0) is 56.0 Å². The molecule has 0 saturated heterocycles. The predicted molar refractivity (Wildman–Crippen MR) is 99.0 cm³/mol. The Morgan fingerprint density at radius 2 is 1.68 bits per heavy atom. The number of halogens is 3. The van der Waals surface area contributed by atoms with Gasteiger partial charge < -0.3 is 9.47 Å². The van der Waals surface area contributed by atoms with Crippen molar-refractivity contribution in [3.63, 3.8) is 0 Å². The highest BCUT2D eigenvalue weighted by atomic mass is 79.9. The molecule has 0 saturated carbocycles. The molecule has 0 amide bonds. The first-order chi connectivity index (χ1) is 10.5. The Bertz CT molecular complexity index is 463. The Balaban J connectivity index is 2.49. The average Bonchev–Trinajstić information content (AvgIpc) is 2.44. The van der Waals surface area contributed by atoms with Gasteiger partial charge in [0.25, 0.3) is 0 Å². The second kappa shape index (κ2) is 11.2. The van der Waals surface area contributed by atoms with Crippen LogP contribution in [0.1, 0.15) is 36.8 Å². The Morgan fingerprint density at radius 3 is 2.27 bits per heavy atom. The lowest BCUT2D eigenvalue weighted by Gasteiger charge is -2.14. The zero-order chi connectivity index (χ0) is 16.4. The molecule has 0 aromatic heterocycles. The Hall–Kier alpha value is -0.380. The summed E-state index contributed by atoms with van der Waals surface area (Å²) in [5.41, 5.74) is 2.16. The summed E-state index contributed by atoms with van der Waals surface area (Å²) in [7, 11) is 0. The molecule has 22 heavy (non-hydrogen) atoms. The van der Waals surface area contributed by atoms with E-state index in [1.54, 1.807) is 6.08 Å². The minimum absolute atomic E-state index is 0.216. The fraction of sp³-hybridized carbons (Fsp3) is 0.529. The minimum Gasteiger partial charge on any atom is -0.493 e. The Morgan fingerprint density at radius 1 is 1.05 bits per heavy atom. The van der Waals surface area contributed by atoms with Crippen LogP contribution in [-0.4, -0.2) is 18.5 Å². The maximum absolute atomic E-state index is 5.92. The lowest BCUT2D eigenvalue weighted by Crippen LogP contribution is -2.02. The number of unbranched alkanes of at least 4 members (excludes halogenated alkanes) is 3. The van der Waals surface area contributed by atoms with E-state index in [0.29, 0.717) is 6.61 Å². The number of rotatable bonds is 10. The first-order valence-corrected chi connectivity index (χ1v) is 9.36.